The van der Waals surface area contributed by atoms with Gasteiger partial charge in [-0.2, -0.15) is 8.78 Å². The number of benzene rings is 1. The number of halogens is 2. The van der Waals surface area contributed by atoms with Gasteiger partial charge in [-0.3, -0.25) is 9.59 Å². The molecule has 1 heterocycles. The Morgan fingerprint density at radius 2 is 2.00 bits per heavy atom. The van der Waals surface area contributed by atoms with Crippen LogP contribution in [-0.2, 0) is 9.59 Å². The van der Waals surface area contributed by atoms with Gasteiger partial charge >= 0.3 is 6.61 Å². The van der Waals surface area contributed by atoms with E-state index in [0.717, 1.165) is 19.3 Å². The van der Waals surface area contributed by atoms with Crippen LogP contribution in [0.5, 0.6) is 5.75 Å². The zero-order valence-electron chi connectivity index (χ0n) is 13.2. The molecule has 2 aliphatic rings. The lowest BCUT2D eigenvalue weighted by Gasteiger charge is -2.32. The number of hydrogen-bond donors (Lipinski definition) is 1. The molecule has 130 valence electrons. The lowest BCUT2D eigenvalue weighted by atomic mass is 9.96. The van der Waals surface area contributed by atoms with Crippen molar-refractivity contribution in [1.82, 2.24) is 4.90 Å². The van der Waals surface area contributed by atoms with Gasteiger partial charge in [0, 0.05) is 30.8 Å². The molecule has 5 nitrogen and oxygen atoms in total. The van der Waals surface area contributed by atoms with E-state index in [1.807, 2.05) is 0 Å². The zero-order valence-corrected chi connectivity index (χ0v) is 13.2. The molecule has 0 radical (unpaired) electrons. The summed E-state index contributed by atoms with van der Waals surface area (Å²) in [6.45, 7) is -1.78. The maximum Gasteiger partial charge on any atom is 0.387 e. The van der Waals surface area contributed by atoms with Gasteiger partial charge in [0.15, 0.2) is 0 Å². The summed E-state index contributed by atoms with van der Waals surface area (Å²) in [5.74, 6) is -0.176. The number of anilines is 1. The Morgan fingerprint density at radius 1 is 1.21 bits per heavy atom. The Hall–Kier alpha value is -2.18. The van der Waals surface area contributed by atoms with Crippen molar-refractivity contribution in [3.05, 3.63) is 24.3 Å². The van der Waals surface area contributed by atoms with E-state index < -0.39 is 6.61 Å². The third-order valence-electron chi connectivity index (χ3n) is 4.36. The van der Waals surface area contributed by atoms with E-state index in [1.165, 1.54) is 18.2 Å². The van der Waals surface area contributed by atoms with E-state index in [0.29, 0.717) is 25.2 Å². The Labute approximate surface area is 139 Å². The highest BCUT2D eigenvalue weighted by Gasteiger charge is 2.36. The molecule has 7 heteroatoms. The first-order valence-electron chi connectivity index (χ1n) is 8.17. The van der Waals surface area contributed by atoms with Gasteiger partial charge < -0.3 is 15.0 Å². The molecule has 2 amide bonds. The second-order valence-electron chi connectivity index (χ2n) is 6.29. The van der Waals surface area contributed by atoms with E-state index in [1.54, 1.807) is 11.0 Å². The van der Waals surface area contributed by atoms with Crippen LogP contribution in [0.15, 0.2) is 24.3 Å². The summed E-state index contributed by atoms with van der Waals surface area (Å²) in [7, 11) is 0. The Kier molecular flexibility index (Phi) is 4.97. The third kappa shape index (κ3) is 4.21. The zero-order chi connectivity index (χ0) is 17.1. The molecule has 1 aliphatic carbocycles. The lowest BCUT2D eigenvalue weighted by Crippen LogP contribution is -2.44. The van der Waals surface area contributed by atoms with Gasteiger partial charge in [0.25, 0.3) is 0 Å². The van der Waals surface area contributed by atoms with Crippen LogP contribution in [0.3, 0.4) is 0 Å². The minimum Gasteiger partial charge on any atom is -0.435 e. The third-order valence-corrected chi connectivity index (χ3v) is 4.36. The molecule has 0 aromatic heterocycles. The number of nitrogens with zero attached hydrogens (tertiary/aromatic N) is 1. The molecule has 2 fully saturated rings. The standard InChI is InChI=1S/C17H20F2N2O3/c18-17(19)24-14-5-1-4-13(9-14)20-15(22)12-3-2-8-21(10-12)16(23)11-6-7-11/h1,4-5,9,11-12,17H,2-3,6-8,10H2,(H,20,22)/t12-/m0/s1. The summed E-state index contributed by atoms with van der Waals surface area (Å²) < 4.78 is 28.8. The van der Waals surface area contributed by atoms with Gasteiger partial charge in [0.1, 0.15) is 5.75 Å². The largest absolute Gasteiger partial charge is 0.435 e. The Balaban J connectivity index is 1.58. The van der Waals surface area contributed by atoms with E-state index >= 15 is 0 Å². The SMILES string of the molecule is O=C(Nc1cccc(OC(F)F)c1)[C@H]1CCCN(C(=O)C2CC2)C1. The van der Waals surface area contributed by atoms with Crippen LogP contribution < -0.4 is 10.1 Å². The number of nitrogens with one attached hydrogen (secondary N) is 1. The number of hydrogen-bond acceptors (Lipinski definition) is 3. The molecular weight excluding hydrogens is 318 g/mol. The summed E-state index contributed by atoms with van der Waals surface area (Å²) in [6.07, 6.45) is 3.41. The number of rotatable bonds is 5. The van der Waals surface area contributed by atoms with Crippen molar-refractivity contribution in [2.45, 2.75) is 32.3 Å². The Bertz CT molecular complexity index is 620. The van der Waals surface area contributed by atoms with Crippen molar-refractivity contribution < 1.29 is 23.1 Å². The van der Waals surface area contributed by atoms with E-state index in [4.69, 9.17) is 0 Å². The minimum atomic E-state index is -2.91. The molecule has 1 atom stereocenters. The van der Waals surface area contributed by atoms with Gasteiger partial charge in [0.2, 0.25) is 11.8 Å². The van der Waals surface area contributed by atoms with Gasteiger partial charge in [-0.1, -0.05) is 6.07 Å². The summed E-state index contributed by atoms with van der Waals surface area (Å²) in [4.78, 5) is 26.3. The summed E-state index contributed by atoms with van der Waals surface area (Å²) in [5, 5.41) is 2.73. The molecular formula is C17H20F2N2O3. The first kappa shape index (κ1) is 16.7. The molecule has 3 rings (SSSR count). The number of carbonyl (C=O) groups is 2. The molecule has 1 aromatic carbocycles. The van der Waals surface area contributed by atoms with Crippen molar-refractivity contribution in [1.29, 1.82) is 0 Å². The van der Waals surface area contributed by atoms with Crippen molar-refractivity contribution in [3.63, 3.8) is 0 Å². The molecule has 1 saturated carbocycles. The summed E-state index contributed by atoms with van der Waals surface area (Å²) in [5.41, 5.74) is 0.406. The maximum absolute atomic E-state index is 12.4. The van der Waals surface area contributed by atoms with E-state index in [9.17, 15) is 18.4 Å². The maximum atomic E-state index is 12.4. The smallest absolute Gasteiger partial charge is 0.387 e. The summed E-state index contributed by atoms with van der Waals surface area (Å²) >= 11 is 0. The fraction of sp³-hybridized carbons (Fsp3) is 0.529. The second kappa shape index (κ2) is 7.15. The van der Waals surface area contributed by atoms with Crippen molar-refractivity contribution in [2.75, 3.05) is 18.4 Å². The predicted octanol–water partition coefficient (Wildman–Crippen LogP) is 2.88. The number of carbonyl (C=O) groups excluding carboxylic acids is 2. The average Bonchev–Trinajstić information content (AvgIpc) is 3.39. The highest BCUT2D eigenvalue weighted by molar-refractivity contribution is 5.93. The fourth-order valence-electron chi connectivity index (χ4n) is 2.97. The number of likely N-dealkylation sites (tertiary alicyclic amines) is 1. The van der Waals surface area contributed by atoms with Crippen LogP contribution in [0, 0.1) is 11.8 Å². The van der Waals surface area contributed by atoms with Gasteiger partial charge in [-0.25, -0.2) is 0 Å². The molecule has 0 spiro atoms. The number of alkyl halides is 2. The highest BCUT2D eigenvalue weighted by atomic mass is 19.3. The van der Waals surface area contributed by atoms with Crippen molar-refractivity contribution in [2.24, 2.45) is 11.8 Å². The van der Waals surface area contributed by atoms with Crippen molar-refractivity contribution in [3.8, 4) is 5.75 Å². The number of piperidine rings is 1. The molecule has 1 aromatic rings. The van der Waals surface area contributed by atoms with Gasteiger partial charge in [-0.05, 0) is 37.8 Å². The first-order valence-corrected chi connectivity index (χ1v) is 8.17. The normalized spacial score (nSPS) is 20.8. The predicted molar refractivity (Wildman–Crippen MR) is 83.7 cm³/mol. The number of amides is 2. The molecule has 1 N–H and O–H groups in total. The minimum absolute atomic E-state index is 0.00279. The van der Waals surface area contributed by atoms with Crippen LogP contribution >= 0.6 is 0 Å². The highest BCUT2D eigenvalue weighted by Crippen LogP contribution is 2.32. The molecule has 24 heavy (non-hydrogen) atoms. The molecule has 0 bridgehead atoms. The van der Waals surface area contributed by atoms with Crippen LogP contribution in [0.4, 0.5) is 14.5 Å². The average molecular weight is 338 g/mol. The first-order chi connectivity index (χ1) is 11.5. The van der Waals surface area contributed by atoms with Crippen LogP contribution in [0.1, 0.15) is 25.7 Å². The molecule has 0 unspecified atom stereocenters. The van der Waals surface area contributed by atoms with Gasteiger partial charge in [-0.15, -0.1) is 0 Å². The molecule has 1 aliphatic heterocycles. The number of ether oxygens (including phenoxy) is 1. The molecule has 1 saturated heterocycles. The van der Waals surface area contributed by atoms with Gasteiger partial charge in [0.05, 0.1) is 5.92 Å². The van der Waals surface area contributed by atoms with Crippen LogP contribution in [0.25, 0.3) is 0 Å². The summed E-state index contributed by atoms with van der Waals surface area (Å²) in [6, 6.07) is 5.92. The van der Waals surface area contributed by atoms with E-state index in [2.05, 4.69) is 10.1 Å². The Morgan fingerprint density at radius 3 is 2.71 bits per heavy atom. The lowest BCUT2D eigenvalue weighted by molar-refractivity contribution is -0.135. The monoisotopic (exact) mass is 338 g/mol. The van der Waals surface area contributed by atoms with Crippen LogP contribution in [-0.4, -0.2) is 36.4 Å². The quantitative estimate of drug-likeness (QED) is 0.898. The van der Waals surface area contributed by atoms with Crippen LogP contribution in [0.2, 0.25) is 0 Å². The van der Waals surface area contributed by atoms with Crippen molar-refractivity contribution >= 4 is 17.5 Å². The topological polar surface area (TPSA) is 58.6 Å². The van der Waals surface area contributed by atoms with E-state index in [-0.39, 0.29) is 29.4 Å². The second-order valence-corrected chi connectivity index (χ2v) is 6.29. The fourth-order valence-corrected chi connectivity index (χ4v) is 2.97.